The van der Waals surface area contributed by atoms with E-state index in [9.17, 15) is 4.79 Å². The van der Waals surface area contributed by atoms with Gasteiger partial charge in [-0.05, 0) is 49.4 Å². The second-order valence-electron chi connectivity index (χ2n) is 7.92. The van der Waals surface area contributed by atoms with Crippen molar-refractivity contribution in [2.45, 2.75) is 25.9 Å². The van der Waals surface area contributed by atoms with E-state index in [1.54, 1.807) is 43.3 Å². The van der Waals surface area contributed by atoms with E-state index in [0.717, 1.165) is 25.9 Å². The van der Waals surface area contributed by atoms with Crippen LogP contribution in [0.3, 0.4) is 0 Å². The van der Waals surface area contributed by atoms with Crippen LogP contribution in [0.4, 0.5) is 0 Å². The standard InChI is InChI=1S/C25H29N5O5/c1-17(27)30-11-8-21(9-12-30)35-20-5-2-18(3-6-20)25(31)34-15-14-33-23-16-19(24(28)29)4-7-22(23)32-13-10-26/h2-7,16,21,27H,8-9,11-15H2,1H3,(H3,28,29). The Labute approximate surface area is 204 Å². The number of likely N-dealkylation sites (tertiary alicyclic amines) is 1. The molecule has 184 valence electrons. The maximum Gasteiger partial charge on any atom is 0.338 e. The van der Waals surface area contributed by atoms with E-state index >= 15 is 0 Å². The third-order valence-corrected chi connectivity index (χ3v) is 5.43. The topological polar surface area (TPSA) is 155 Å². The number of nitriles is 1. The Morgan fingerprint density at radius 2 is 1.74 bits per heavy atom. The smallest absolute Gasteiger partial charge is 0.338 e. The first-order valence-electron chi connectivity index (χ1n) is 11.2. The lowest BCUT2D eigenvalue weighted by Gasteiger charge is -2.32. The number of carbonyl (C=O) groups excluding carboxylic acids is 1. The van der Waals surface area contributed by atoms with Crippen LogP contribution in [0.1, 0.15) is 35.7 Å². The van der Waals surface area contributed by atoms with Gasteiger partial charge in [-0.3, -0.25) is 10.8 Å². The number of esters is 1. The van der Waals surface area contributed by atoms with Crippen molar-refractivity contribution in [3.05, 3.63) is 53.6 Å². The van der Waals surface area contributed by atoms with E-state index < -0.39 is 5.97 Å². The van der Waals surface area contributed by atoms with Crippen molar-refractivity contribution in [3.8, 4) is 23.3 Å². The minimum Gasteiger partial charge on any atom is -0.490 e. The summed E-state index contributed by atoms with van der Waals surface area (Å²) in [5, 5.41) is 24.0. The van der Waals surface area contributed by atoms with Crippen LogP contribution in [0, 0.1) is 22.1 Å². The molecule has 1 heterocycles. The monoisotopic (exact) mass is 479 g/mol. The number of nitrogens with two attached hydrogens (primary N) is 1. The molecule has 3 rings (SSSR count). The van der Waals surface area contributed by atoms with Crippen molar-refractivity contribution in [1.82, 2.24) is 4.90 Å². The van der Waals surface area contributed by atoms with Crippen LogP contribution in [0.2, 0.25) is 0 Å². The molecule has 10 heteroatoms. The highest BCUT2D eigenvalue weighted by Gasteiger charge is 2.21. The zero-order chi connectivity index (χ0) is 25.2. The molecule has 0 spiro atoms. The van der Waals surface area contributed by atoms with Gasteiger partial charge >= 0.3 is 5.97 Å². The minimum atomic E-state index is -0.492. The summed E-state index contributed by atoms with van der Waals surface area (Å²) >= 11 is 0. The van der Waals surface area contributed by atoms with E-state index in [1.165, 1.54) is 6.07 Å². The van der Waals surface area contributed by atoms with Gasteiger partial charge in [0.15, 0.2) is 18.1 Å². The van der Waals surface area contributed by atoms with Gasteiger partial charge in [0.2, 0.25) is 0 Å². The summed E-state index contributed by atoms with van der Waals surface area (Å²) in [7, 11) is 0. The predicted molar refractivity (Wildman–Crippen MR) is 129 cm³/mol. The first-order chi connectivity index (χ1) is 16.9. The van der Waals surface area contributed by atoms with Crippen molar-refractivity contribution in [2.24, 2.45) is 5.73 Å². The van der Waals surface area contributed by atoms with Crippen molar-refractivity contribution in [1.29, 1.82) is 16.1 Å². The van der Waals surface area contributed by atoms with E-state index in [2.05, 4.69) is 0 Å². The number of amidine groups is 2. The minimum absolute atomic E-state index is 0.00984. The highest BCUT2D eigenvalue weighted by molar-refractivity contribution is 5.95. The Morgan fingerprint density at radius 3 is 2.37 bits per heavy atom. The SMILES string of the molecule is CC(=N)N1CCC(Oc2ccc(C(=O)OCCOc3cc(C(=N)N)ccc3OCC#N)cc2)CC1. The quantitative estimate of drug-likeness (QED) is 0.203. The molecule has 0 amide bonds. The van der Waals surface area contributed by atoms with Gasteiger partial charge in [-0.1, -0.05) is 0 Å². The van der Waals surface area contributed by atoms with Gasteiger partial charge in [-0.2, -0.15) is 5.26 Å². The Balaban J connectivity index is 1.46. The van der Waals surface area contributed by atoms with Gasteiger partial charge in [0.25, 0.3) is 0 Å². The first kappa shape index (κ1) is 25.4. The van der Waals surface area contributed by atoms with Crippen LogP contribution < -0.4 is 19.9 Å². The van der Waals surface area contributed by atoms with Crippen LogP contribution >= 0.6 is 0 Å². The summed E-state index contributed by atoms with van der Waals surface area (Å²) in [6.07, 6.45) is 1.78. The molecule has 4 N–H and O–H groups in total. The number of hydrogen-bond donors (Lipinski definition) is 3. The summed E-state index contributed by atoms with van der Waals surface area (Å²) in [6, 6.07) is 13.4. The zero-order valence-corrected chi connectivity index (χ0v) is 19.6. The molecule has 10 nitrogen and oxygen atoms in total. The molecule has 0 atom stereocenters. The van der Waals surface area contributed by atoms with Crippen LogP contribution in [0.25, 0.3) is 0 Å². The van der Waals surface area contributed by atoms with Crippen LogP contribution in [0.15, 0.2) is 42.5 Å². The lowest BCUT2D eigenvalue weighted by molar-refractivity contribution is 0.0449. The molecule has 1 saturated heterocycles. The molecule has 0 aliphatic carbocycles. The summed E-state index contributed by atoms with van der Waals surface area (Å²) in [5.74, 6) is 1.27. The fourth-order valence-electron chi connectivity index (χ4n) is 3.56. The fraction of sp³-hybridized carbons (Fsp3) is 0.360. The van der Waals surface area contributed by atoms with Gasteiger partial charge in [-0.15, -0.1) is 0 Å². The van der Waals surface area contributed by atoms with E-state index in [4.69, 9.17) is 40.8 Å². The predicted octanol–water partition coefficient (Wildman–Crippen LogP) is 2.95. The molecule has 1 aliphatic rings. The van der Waals surface area contributed by atoms with Crippen LogP contribution in [-0.2, 0) is 4.74 Å². The molecule has 0 unspecified atom stereocenters. The number of nitrogens with zero attached hydrogens (tertiary/aromatic N) is 2. The Morgan fingerprint density at radius 1 is 1.06 bits per heavy atom. The Bertz CT molecular complexity index is 1090. The molecule has 0 saturated carbocycles. The van der Waals surface area contributed by atoms with Gasteiger partial charge < -0.3 is 29.6 Å². The summed E-state index contributed by atoms with van der Waals surface area (Å²) in [5.41, 5.74) is 6.35. The van der Waals surface area contributed by atoms with Crippen molar-refractivity contribution >= 4 is 17.6 Å². The highest BCUT2D eigenvalue weighted by Crippen LogP contribution is 2.28. The van der Waals surface area contributed by atoms with Crippen LogP contribution in [0.5, 0.6) is 17.2 Å². The number of piperidine rings is 1. The number of carbonyl (C=O) groups is 1. The van der Waals surface area contributed by atoms with Gasteiger partial charge in [0.05, 0.1) is 11.4 Å². The maximum atomic E-state index is 12.4. The molecule has 35 heavy (non-hydrogen) atoms. The maximum absolute atomic E-state index is 12.4. The molecule has 0 aromatic heterocycles. The summed E-state index contributed by atoms with van der Waals surface area (Å²) < 4.78 is 22.2. The number of hydrogen-bond acceptors (Lipinski definition) is 8. The molecule has 0 bridgehead atoms. The summed E-state index contributed by atoms with van der Waals surface area (Å²) in [4.78, 5) is 14.4. The number of nitrogens with one attached hydrogen (secondary N) is 2. The highest BCUT2D eigenvalue weighted by atomic mass is 16.6. The van der Waals surface area contributed by atoms with Gasteiger partial charge in [0, 0.05) is 31.5 Å². The Kier molecular flexibility index (Phi) is 8.89. The molecule has 0 radical (unpaired) electrons. The number of nitrogen functional groups attached to an aromatic ring is 1. The zero-order valence-electron chi connectivity index (χ0n) is 19.6. The van der Waals surface area contributed by atoms with E-state index in [1.807, 2.05) is 11.0 Å². The first-order valence-corrected chi connectivity index (χ1v) is 11.2. The fourth-order valence-corrected chi connectivity index (χ4v) is 3.56. The van der Waals surface area contributed by atoms with Crippen LogP contribution in [-0.4, -0.2) is 61.6 Å². The molecule has 2 aromatic carbocycles. The Hall–Kier alpha value is -4.26. The van der Waals surface area contributed by atoms with E-state index in [-0.39, 0.29) is 31.8 Å². The average Bonchev–Trinajstić information content (AvgIpc) is 2.86. The number of benzene rings is 2. The third-order valence-electron chi connectivity index (χ3n) is 5.43. The molecule has 2 aromatic rings. The lowest BCUT2D eigenvalue weighted by Crippen LogP contribution is -2.40. The van der Waals surface area contributed by atoms with Crippen molar-refractivity contribution < 1.29 is 23.7 Å². The van der Waals surface area contributed by atoms with Gasteiger partial charge in [-0.25, -0.2) is 4.79 Å². The molecule has 1 fully saturated rings. The van der Waals surface area contributed by atoms with Crippen molar-refractivity contribution in [3.63, 3.8) is 0 Å². The molecular weight excluding hydrogens is 450 g/mol. The molecule has 1 aliphatic heterocycles. The average molecular weight is 480 g/mol. The number of rotatable bonds is 10. The number of ether oxygens (including phenoxy) is 4. The largest absolute Gasteiger partial charge is 0.490 e. The van der Waals surface area contributed by atoms with Crippen molar-refractivity contribution in [2.75, 3.05) is 32.9 Å². The second-order valence-corrected chi connectivity index (χ2v) is 7.92. The van der Waals surface area contributed by atoms with E-state index in [0.29, 0.717) is 34.2 Å². The lowest BCUT2D eigenvalue weighted by atomic mass is 10.1. The second kappa shape index (κ2) is 12.3. The summed E-state index contributed by atoms with van der Waals surface area (Å²) in [6.45, 7) is 3.27. The normalized spacial score (nSPS) is 13.4. The third kappa shape index (κ3) is 7.37. The molecular formula is C25H29N5O5. The van der Waals surface area contributed by atoms with Gasteiger partial charge in [0.1, 0.15) is 37.0 Å².